The first kappa shape index (κ1) is 12.8. The van der Waals surface area contributed by atoms with Crippen LogP contribution in [0.4, 0.5) is 0 Å². The third kappa shape index (κ3) is 2.61. The van der Waals surface area contributed by atoms with Gasteiger partial charge in [-0.15, -0.1) is 6.58 Å². The molecule has 0 spiro atoms. The minimum absolute atomic E-state index is 0.0254. The minimum Gasteiger partial charge on any atom is -0.445 e. The molecule has 0 aliphatic carbocycles. The molecule has 5 heteroatoms. The molecule has 98 valence electrons. The first-order chi connectivity index (χ1) is 8.61. The monoisotopic (exact) mass is 249 g/mol. The van der Waals surface area contributed by atoms with Gasteiger partial charge in [0.1, 0.15) is 5.76 Å². The summed E-state index contributed by atoms with van der Waals surface area (Å²) in [5.41, 5.74) is 0.449. The van der Waals surface area contributed by atoms with Gasteiger partial charge < -0.3 is 9.32 Å². The van der Waals surface area contributed by atoms with E-state index in [1.54, 1.807) is 13.8 Å². The lowest BCUT2D eigenvalue weighted by atomic mass is 10.2. The fourth-order valence-corrected chi connectivity index (χ4v) is 2.19. The first-order valence-electron chi connectivity index (χ1n) is 6.18. The van der Waals surface area contributed by atoms with Gasteiger partial charge in [-0.1, -0.05) is 6.08 Å². The minimum atomic E-state index is -0.0254. The Morgan fingerprint density at radius 1 is 1.39 bits per heavy atom. The molecule has 0 atom stereocenters. The molecular weight excluding hydrogens is 230 g/mol. The van der Waals surface area contributed by atoms with Crippen molar-refractivity contribution < 1.29 is 9.21 Å². The molecule has 0 radical (unpaired) electrons. The molecule has 1 amide bonds. The van der Waals surface area contributed by atoms with Gasteiger partial charge >= 0.3 is 0 Å². The predicted molar refractivity (Wildman–Crippen MR) is 68.5 cm³/mol. The standard InChI is InChI=1S/C13H19N3O2/c1-4-5-15-6-8-16(9-7-15)13(17)12-10(2)18-11(3)14-12/h4H,1,5-9H2,2-3H3. The number of carbonyl (C=O) groups excluding carboxylic acids is 1. The summed E-state index contributed by atoms with van der Waals surface area (Å²) in [7, 11) is 0. The van der Waals surface area contributed by atoms with Gasteiger partial charge in [-0.05, 0) is 6.92 Å². The van der Waals surface area contributed by atoms with Crippen LogP contribution in [0.15, 0.2) is 17.1 Å². The van der Waals surface area contributed by atoms with E-state index in [1.165, 1.54) is 0 Å². The Kier molecular flexibility index (Phi) is 3.81. The average molecular weight is 249 g/mol. The molecule has 1 aromatic rings. The zero-order valence-corrected chi connectivity index (χ0v) is 11.0. The third-order valence-electron chi connectivity index (χ3n) is 3.15. The van der Waals surface area contributed by atoms with Crippen LogP contribution in [0.5, 0.6) is 0 Å². The van der Waals surface area contributed by atoms with E-state index in [1.807, 2.05) is 11.0 Å². The molecule has 0 bridgehead atoms. The van der Waals surface area contributed by atoms with E-state index in [0.29, 0.717) is 17.3 Å². The van der Waals surface area contributed by atoms with Crippen molar-refractivity contribution in [2.45, 2.75) is 13.8 Å². The van der Waals surface area contributed by atoms with Crippen LogP contribution in [-0.4, -0.2) is 53.4 Å². The molecule has 18 heavy (non-hydrogen) atoms. The van der Waals surface area contributed by atoms with E-state index in [4.69, 9.17) is 4.42 Å². The van der Waals surface area contributed by atoms with E-state index < -0.39 is 0 Å². The summed E-state index contributed by atoms with van der Waals surface area (Å²) in [6.07, 6.45) is 1.89. The highest BCUT2D eigenvalue weighted by molar-refractivity contribution is 5.93. The topological polar surface area (TPSA) is 49.6 Å². The molecule has 5 nitrogen and oxygen atoms in total. The van der Waals surface area contributed by atoms with Gasteiger partial charge in [0, 0.05) is 39.6 Å². The lowest BCUT2D eigenvalue weighted by Crippen LogP contribution is -2.48. The quantitative estimate of drug-likeness (QED) is 0.756. The Bertz CT molecular complexity index is 445. The van der Waals surface area contributed by atoms with E-state index in [-0.39, 0.29) is 5.91 Å². The molecule has 2 heterocycles. The van der Waals surface area contributed by atoms with Crippen LogP contribution in [0.1, 0.15) is 22.1 Å². The van der Waals surface area contributed by atoms with E-state index in [0.717, 1.165) is 32.7 Å². The van der Waals surface area contributed by atoms with Gasteiger partial charge in [0.2, 0.25) is 0 Å². The SMILES string of the molecule is C=CCN1CCN(C(=O)c2nc(C)oc2C)CC1. The largest absolute Gasteiger partial charge is 0.445 e. The number of nitrogens with zero attached hydrogens (tertiary/aromatic N) is 3. The van der Waals surface area contributed by atoms with E-state index >= 15 is 0 Å². The van der Waals surface area contributed by atoms with Crippen LogP contribution in [0.3, 0.4) is 0 Å². The lowest BCUT2D eigenvalue weighted by Gasteiger charge is -2.33. The highest BCUT2D eigenvalue weighted by Crippen LogP contribution is 2.13. The Morgan fingerprint density at radius 3 is 2.56 bits per heavy atom. The van der Waals surface area contributed by atoms with Crippen LogP contribution < -0.4 is 0 Å². The Morgan fingerprint density at radius 2 is 2.06 bits per heavy atom. The zero-order chi connectivity index (χ0) is 13.1. The molecule has 1 saturated heterocycles. The van der Waals surface area contributed by atoms with Crippen molar-refractivity contribution >= 4 is 5.91 Å². The summed E-state index contributed by atoms with van der Waals surface area (Å²) in [6.45, 7) is 11.4. The highest BCUT2D eigenvalue weighted by atomic mass is 16.4. The number of piperazine rings is 1. The van der Waals surface area contributed by atoms with Crippen molar-refractivity contribution in [2.24, 2.45) is 0 Å². The van der Waals surface area contributed by atoms with Crippen LogP contribution in [0, 0.1) is 13.8 Å². The fourth-order valence-electron chi connectivity index (χ4n) is 2.19. The molecule has 1 fully saturated rings. The molecule has 0 unspecified atom stereocenters. The van der Waals surface area contributed by atoms with E-state index in [9.17, 15) is 4.79 Å². The van der Waals surface area contributed by atoms with E-state index in [2.05, 4.69) is 16.5 Å². The Hall–Kier alpha value is -1.62. The second kappa shape index (κ2) is 5.35. The van der Waals surface area contributed by atoms with Gasteiger partial charge in [0.15, 0.2) is 11.6 Å². The summed E-state index contributed by atoms with van der Waals surface area (Å²) in [5.74, 6) is 1.12. The van der Waals surface area contributed by atoms with Crippen LogP contribution >= 0.6 is 0 Å². The number of hydrogen-bond donors (Lipinski definition) is 0. The maximum Gasteiger partial charge on any atom is 0.276 e. The molecule has 1 aliphatic rings. The number of amides is 1. The lowest BCUT2D eigenvalue weighted by molar-refractivity contribution is 0.0643. The summed E-state index contributed by atoms with van der Waals surface area (Å²) in [4.78, 5) is 20.5. The van der Waals surface area contributed by atoms with Crippen LogP contribution in [0.25, 0.3) is 0 Å². The van der Waals surface area contributed by atoms with Crippen LogP contribution in [0.2, 0.25) is 0 Å². The number of rotatable bonds is 3. The highest BCUT2D eigenvalue weighted by Gasteiger charge is 2.25. The maximum atomic E-state index is 12.3. The van der Waals surface area contributed by atoms with Gasteiger partial charge in [-0.2, -0.15) is 0 Å². The smallest absolute Gasteiger partial charge is 0.276 e. The van der Waals surface area contributed by atoms with Gasteiger partial charge in [-0.3, -0.25) is 9.69 Å². The van der Waals surface area contributed by atoms with Gasteiger partial charge in [0.05, 0.1) is 0 Å². The third-order valence-corrected chi connectivity index (χ3v) is 3.15. The van der Waals surface area contributed by atoms with Crippen molar-refractivity contribution in [1.29, 1.82) is 0 Å². The van der Waals surface area contributed by atoms with Crippen LogP contribution in [-0.2, 0) is 0 Å². The molecule has 0 N–H and O–H groups in total. The Labute approximate surface area is 107 Å². The molecular formula is C13H19N3O2. The Balaban J connectivity index is 1.99. The summed E-state index contributed by atoms with van der Waals surface area (Å²) >= 11 is 0. The van der Waals surface area contributed by atoms with Crippen molar-refractivity contribution in [1.82, 2.24) is 14.8 Å². The molecule has 0 aromatic carbocycles. The number of aryl methyl sites for hydroxylation is 2. The van der Waals surface area contributed by atoms with Crippen molar-refractivity contribution in [2.75, 3.05) is 32.7 Å². The maximum absolute atomic E-state index is 12.3. The van der Waals surface area contributed by atoms with Crippen molar-refractivity contribution in [3.8, 4) is 0 Å². The molecule has 0 saturated carbocycles. The number of carbonyl (C=O) groups is 1. The molecule has 1 aliphatic heterocycles. The second-order valence-electron chi connectivity index (χ2n) is 4.52. The van der Waals surface area contributed by atoms with Crippen molar-refractivity contribution in [3.63, 3.8) is 0 Å². The average Bonchev–Trinajstić information content (AvgIpc) is 2.69. The summed E-state index contributed by atoms with van der Waals surface area (Å²) in [6, 6.07) is 0. The van der Waals surface area contributed by atoms with Gasteiger partial charge in [0.25, 0.3) is 5.91 Å². The molecule has 2 rings (SSSR count). The van der Waals surface area contributed by atoms with Crippen molar-refractivity contribution in [3.05, 3.63) is 30.0 Å². The predicted octanol–water partition coefficient (Wildman–Crippen LogP) is 1.24. The number of hydrogen-bond acceptors (Lipinski definition) is 4. The normalized spacial score (nSPS) is 16.9. The number of oxazole rings is 1. The van der Waals surface area contributed by atoms with Gasteiger partial charge in [-0.25, -0.2) is 4.98 Å². The fraction of sp³-hybridized carbons (Fsp3) is 0.538. The zero-order valence-electron chi connectivity index (χ0n) is 11.0. The second-order valence-corrected chi connectivity index (χ2v) is 4.52. The number of aromatic nitrogens is 1. The first-order valence-corrected chi connectivity index (χ1v) is 6.18. The summed E-state index contributed by atoms with van der Waals surface area (Å²) in [5, 5.41) is 0. The summed E-state index contributed by atoms with van der Waals surface area (Å²) < 4.78 is 5.30. The molecule has 1 aromatic heterocycles.